The van der Waals surface area contributed by atoms with Crippen LogP contribution < -0.4 is 31.9 Å². The van der Waals surface area contributed by atoms with E-state index in [9.17, 15) is 19.2 Å². The van der Waals surface area contributed by atoms with Crippen molar-refractivity contribution in [1.82, 2.24) is 41.7 Å². The van der Waals surface area contributed by atoms with E-state index in [0.29, 0.717) is 32.5 Å². The van der Waals surface area contributed by atoms with Gasteiger partial charge in [-0.05, 0) is 136 Å². The first kappa shape index (κ1) is 51.7. The number of ether oxygens (including phenoxy) is 1. The van der Waals surface area contributed by atoms with Gasteiger partial charge in [-0.15, -0.1) is 0 Å². The van der Waals surface area contributed by atoms with Gasteiger partial charge in [0.15, 0.2) is 0 Å². The predicted molar refractivity (Wildman–Crippen MR) is 272 cm³/mol. The Balaban J connectivity index is 1.12. The van der Waals surface area contributed by atoms with Gasteiger partial charge in [0.1, 0.15) is 24.2 Å². The number of hydrogen-bond acceptors (Lipinski definition) is 9. The van der Waals surface area contributed by atoms with Crippen molar-refractivity contribution in [2.75, 3.05) is 33.9 Å². The molecule has 8 rings (SSSR count). The van der Waals surface area contributed by atoms with Gasteiger partial charge in [-0.25, -0.2) is 0 Å². The first-order valence-electron chi connectivity index (χ1n) is 26.1. The van der Waals surface area contributed by atoms with Gasteiger partial charge in [0.05, 0.1) is 24.2 Å². The van der Waals surface area contributed by atoms with Crippen LogP contribution in [0, 0.1) is 11.3 Å². The van der Waals surface area contributed by atoms with Crippen molar-refractivity contribution in [3.63, 3.8) is 0 Å². The predicted octanol–water partition coefficient (Wildman–Crippen LogP) is 4.67. The highest BCUT2D eigenvalue weighted by molar-refractivity contribution is 5.95. The number of rotatable bonds is 14. The molecule has 6 N–H and O–H groups in total. The Morgan fingerprint density at radius 3 is 1.79 bits per heavy atom. The summed E-state index contributed by atoms with van der Waals surface area (Å²) in [6.07, 6.45) is 7.12. The number of hydrogen-bond donors (Lipinski definition) is 6. The molecular weight excluding hydrogens is 897 g/mol. The van der Waals surface area contributed by atoms with Gasteiger partial charge in [-0.2, -0.15) is 0 Å². The van der Waals surface area contributed by atoms with Crippen molar-refractivity contribution in [3.8, 4) is 0 Å². The topological polar surface area (TPSA) is 190 Å². The van der Waals surface area contributed by atoms with Crippen LogP contribution in [0.2, 0.25) is 0 Å². The number of likely N-dealkylation sites (tertiary alicyclic amines) is 1. The number of nitrogens with one attached hydrogen (secondary N) is 6. The fraction of sp³-hybridized carbons (Fsp3) is 0.571. The van der Waals surface area contributed by atoms with Gasteiger partial charge in [0, 0.05) is 38.6 Å². The molecule has 0 spiro atoms. The summed E-state index contributed by atoms with van der Waals surface area (Å²) in [6, 6.07) is 17.6. The zero-order valence-corrected chi connectivity index (χ0v) is 42.8. The van der Waals surface area contributed by atoms with Crippen molar-refractivity contribution in [2.24, 2.45) is 11.3 Å². The third-order valence-electron chi connectivity index (χ3n) is 16.0. The van der Waals surface area contributed by atoms with Gasteiger partial charge in [0.25, 0.3) is 0 Å². The highest BCUT2D eigenvalue weighted by atomic mass is 16.5. The molecule has 6 amide bonds. The van der Waals surface area contributed by atoms with Crippen LogP contribution in [0.5, 0.6) is 0 Å². The second-order valence-corrected chi connectivity index (χ2v) is 21.7. The fourth-order valence-electron chi connectivity index (χ4n) is 11.5. The molecule has 9 atom stereocenters. The van der Waals surface area contributed by atoms with E-state index in [0.717, 1.165) is 66.3 Å². The number of nitrogens with zero attached hydrogens (tertiary/aromatic N) is 2. The summed E-state index contributed by atoms with van der Waals surface area (Å²) in [5.41, 5.74) is 6.66. The maximum atomic E-state index is 15.3. The summed E-state index contributed by atoms with van der Waals surface area (Å²) in [5, 5.41) is 18.8. The number of benzene rings is 3. The number of aryl methyl sites for hydroxylation is 2. The Kier molecular flexibility index (Phi) is 16.3. The molecule has 0 aromatic heterocycles. The maximum Gasteiger partial charge on any atom is 0.246 e. The maximum absolute atomic E-state index is 15.3. The summed E-state index contributed by atoms with van der Waals surface area (Å²) in [4.78, 5) is 90.1. The van der Waals surface area contributed by atoms with E-state index in [4.69, 9.17) is 4.74 Å². The summed E-state index contributed by atoms with van der Waals surface area (Å²) >= 11 is 0. The zero-order chi connectivity index (χ0) is 50.6. The number of fused-ring (bicyclic) bond motifs is 3. The van der Waals surface area contributed by atoms with Crippen molar-refractivity contribution < 1.29 is 33.5 Å². The Bertz CT molecular complexity index is 2450. The van der Waals surface area contributed by atoms with E-state index in [1.54, 1.807) is 37.7 Å². The summed E-state index contributed by atoms with van der Waals surface area (Å²) in [7, 11) is 3.40. The van der Waals surface area contributed by atoms with Crippen molar-refractivity contribution >= 4 is 35.4 Å². The van der Waals surface area contributed by atoms with Crippen molar-refractivity contribution in [3.05, 3.63) is 106 Å². The lowest BCUT2D eigenvalue weighted by Crippen LogP contribution is -2.61. The Hall–Kier alpha value is -5.64. The average Bonchev–Trinajstić information content (AvgIpc) is 3.84. The lowest BCUT2D eigenvalue weighted by Gasteiger charge is -2.41. The molecule has 5 aliphatic rings. The highest BCUT2D eigenvalue weighted by Gasteiger charge is 2.47. The quantitative estimate of drug-likeness (QED) is 0.133. The van der Waals surface area contributed by atoms with Crippen LogP contribution in [0.25, 0.3) is 0 Å². The Morgan fingerprint density at radius 1 is 0.648 bits per heavy atom. The van der Waals surface area contributed by atoms with E-state index in [1.807, 2.05) is 57.2 Å². The largest absolute Gasteiger partial charge is 0.381 e. The second kappa shape index (κ2) is 22.4. The van der Waals surface area contributed by atoms with E-state index >= 15 is 9.59 Å². The summed E-state index contributed by atoms with van der Waals surface area (Å²) < 4.78 is 5.70. The second-order valence-electron chi connectivity index (χ2n) is 21.7. The lowest BCUT2D eigenvalue weighted by molar-refractivity contribution is -0.147. The van der Waals surface area contributed by atoms with Crippen LogP contribution in [-0.2, 0) is 59.3 Å². The minimum Gasteiger partial charge on any atom is -0.381 e. The standard InChI is InChI=1S/C56H76N8O7/c1-33(57-6)50(65)61-48(37-24-26-71-27-25-37)54(69)63-31-40-28-38(22-23-39(40)29-46(63)52(67)59-44-20-12-16-35-14-8-10-18-42(35)44)41-30-47(53(68)60-45-21-13-17-36-15-9-11-19-43(36)45)64(32-41)55(70)49(56(3,4)5)62-51(66)34(2)58-7/h8-11,14-15,18-19,22-23,28,33-34,37,41,44-49,57-58H,12-13,16-17,20-21,24-27,29-32H2,1-7H3,(H,59,67)(H,60,68)(H,61,65)(H,62,66)/t33-,34-,41?,44?,45+,46?,47-,48?,49?/m0/s1. The van der Waals surface area contributed by atoms with E-state index < -0.39 is 41.7 Å². The normalized spacial score (nSPS) is 24.0. The number of likely N-dealkylation sites (N-methyl/N-ethyl adjacent to an activating group) is 2. The van der Waals surface area contributed by atoms with Gasteiger partial charge in [-0.1, -0.05) is 87.5 Å². The molecule has 2 fully saturated rings. The molecular formula is C56H76N8O7. The zero-order valence-electron chi connectivity index (χ0n) is 42.8. The third-order valence-corrected chi connectivity index (χ3v) is 16.0. The van der Waals surface area contributed by atoms with Crippen molar-refractivity contribution in [2.45, 2.75) is 160 Å². The number of carbonyl (C=O) groups excluding carboxylic acids is 6. The van der Waals surface area contributed by atoms with Crippen LogP contribution in [-0.4, -0.2) is 115 Å². The van der Waals surface area contributed by atoms with Gasteiger partial charge in [-0.3, -0.25) is 28.8 Å². The van der Waals surface area contributed by atoms with Gasteiger partial charge in [0.2, 0.25) is 35.4 Å². The Morgan fingerprint density at radius 2 is 1.21 bits per heavy atom. The lowest BCUT2D eigenvalue weighted by atomic mass is 9.85. The molecule has 2 saturated heterocycles. The van der Waals surface area contributed by atoms with Crippen LogP contribution in [0.3, 0.4) is 0 Å². The minimum atomic E-state index is -0.913. The monoisotopic (exact) mass is 973 g/mol. The molecule has 5 unspecified atom stereocenters. The molecule has 3 heterocycles. The first-order chi connectivity index (χ1) is 34.1. The fourth-order valence-corrected chi connectivity index (χ4v) is 11.5. The molecule has 0 radical (unpaired) electrons. The molecule has 3 aliphatic heterocycles. The molecule has 0 saturated carbocycles. The Labute approximate surface area is 419 Å². The molecule has 382 valence electrons. The van der Waals surface area contributed by atoms with E-state index in [2.05, 4.69) is 62.2 Å². The SMILES string of the molecule is CN[C@@H](C)C(=O)NC(C(=O)N1Cc2cc(C3C[C@@H](C(=O)N[C@@H]4CCCc5ccccc54)N(C(=O)C(NC(=O)[C@H](C)NC)C(C)(C)C)C3)ccc2CC1C(=O)NC1CCCc2ccccc21)C1CCOCC1. The first-order valence-corrected chi connectivity index (χ1v) is 26.1. The third kappa shape index (κ3) is 11.5. The highest BCUT2D eigenvalue weighted by Crippen LogP contribution is 2.39. The van der Waals surface area contributed by atoms with E-state index in [1.165, 1.54) is 11.1 Å². The molecule has 3 aromatic carbocycles. The molecule has 15 heteroatoms. The van der Waals surface area contributed by atoms with Gasteiger partial charge < -0.3 is 46.4 Å². The van der Waals surface area contributed by atoms with E-state index in [-0.39, 0.29) is 78.9 Å². The van der Waals surface area contributed by atoms with Crippen LogP contribution in [0.4, 0.5) is 0 Å². The average molecular weight is 973 g/mol. The summed E-state index contributed by atoms with van der Waals surface area (Å²) in [5.74, 6) is -2.16. The van der Waals surface area contributed by atoms with Gasteiger partial charge >= 0.3 is 0 Å². The minimum absolute atomic E-state index is 0.126. The molecule has 0 bridgehead atoms. The van der Waals surface area contributed by atoms with Crippen LogP contribution >= 0.6 is 0 Å². The number of carbonyl (C=O) groups is 6. The summed E-state index contributed by atoms with van der Waals surface area (Å²) in [6.45, 7) is 10.5. The smallest absolute Gasteiger partial charge is 0.246 e. The molecule has 71 heavy (non-hydrogen) atoms. The molecule has 2 aliphatic carbocycles. The number of amides is 6. The molecule has 3 aromatic rings. The van der Waals surface area contributed by atoms with Crippen LogP contribution in [0.15, 0.2) is 66.7 Å². The van der Waals surface area contributed by atoms with Crippen LogP contribution in [0.1, 0.15) is 137 Å². The van der Waals surface area contributed by atoms with Crippen molar-refractivity contribution in [1.29, 1.82) is 0 Å². The molecule has 15 nitrogen and oxygen atoms in total.